The zero-order valence-corrected chi connectivity index (χ0v) is 28.8. The molecule has 2 fully saturated rings. The fourth-order valence-corrected chi connectivity index (χ4v) is 6.87. The first kappa shape index (κ1) is 35.2. The van der Waals surface area contributed by atoms with E-state index in [1.54, 1.807) is 21.0 Å². The number of aliphatic hydroxyl groups excluding tert-OH is 1. The molecule has 5 rings (SSSR count). The Labute approximate surface area is 281 Å². The van der Waals surface area contributed by atoms with E-state index in [2.05, 4.69) is 56.1 Å². The van der Waals surface area contributed by atoms with E-state index in [4.69, 9.17) is 14.5 Å². The lowest BCUT2D eigenvalue weighted by Crippen LogP contribution is -2.66. The third-order valence-electron chi connectivity index (χ3n) is 9.68. The largest absolute Gasteiger partial charge is 0.468 e. The van der Waals surface area contributed by atoms with Crippen molar-refractivity contribution in [3.8, 4) is 0 Å². The van der Waals surface area contributed by atoms with Gasteiger partial charge in [0, 0.05) is 90.5 Å². The highest BCUT2D eigenvalue weighted by Crippen LogP contribution is 2.35. The number of anilines is 2. The zero-order valence-electron chi connectivity index (χ0n) is 28.8. The lowest BCUT2D eigenvalue weighted by atomic mass is 9.87. The van der Waals surface area contributed by atoms with Gasteiger partial charge in [-0.2, -0.15) is 0 Å². The average Bonchev–Trinajstić information content (AvgIpc) is 3.53. The molecule has 260 valence electrons. The highest BCUT2D eigenvalue weighted by atomic mass is 16.7. The number of rotatable bonds is 15. The number of aryl methyl sites for hydroxylation is 1. The van der Waals surface area contributed by atoms with Crippen LogP contribution in [0.25, 0.3) is 0 Å². The summed E-state index contributed by atoms with van der Waals surface area (Å²) < 4.78 is 11.2. The van der Waals surface area contributed by atoms with Crippen LogP contribution in [-0.2, 0) is 15.9 Å². The third-order valence-corrected chi connectivity index (χ3v) is 9.68. The van der Waals surface area contributed by atoms with Crippen LogP contribution >= 0.6 is 0 Å². The summed E-state index contributed by atoms with van der Waals surface area (Å²) in [5, 5.41) is 32.7. The smallest absolute Gasteiger partial charge is 0.188 e. The highest BCUT2D eigenvalue weighted by Gasteiger charge is 2.47. The Morgan fingerprint density at radius 2 is 1.94 bits per heavy atom. The van der Waals surface area contributed by atoms with E-state index in [1.807, 2.05) is 35.6 Å². The second kappa shape index (κ2) is 15.8. The Morgan fingerprint density at radius 1 is 1.17 bits per heavy atom. The Balaban J connectivity index is 1.40. The van der Waals surface area contributed by atoms with Crippen LogP contribution in [0.3, 0.4) is 0 Å². The van der Waals surface area contributed by atoms with E-state index in [-0.39, 0.29) is 13.4 Å². The second-order valence-electron chi connectivity index (χ2n) is 13.6. The van der Waals surface area contributed by atoms with Crippen LogP contribution in [0.5, 0.6) is 0 Å². The van der Waals surface area contributed by atoms with Gasteiger partial charge in [0.05, 0.1) is 11.9 Å². The zero-order chi connectivity index (χ0) is 33.4. The standard InChI is InChI=1S/C35H56N8O4/c1-6-13-42-14-9-15-43(42)32-24-31(47-27-46-5)25-35(38-32,34(2,3)45)37-29-23-28(10-7-8-22-44)33(36-26-29)41-16-11-30(12-17-41)40-20-18-39(4)19-21-40/h6,9,15,23-26,30,37-38,44-45H,1,7-8,10-14,16-22,27H2,2-5H3. The molecule has 2 saturated heterocycles. The number of dihydropyridines is 1. The minimum Gasteiger partial charge on any atom is -0.468 e. The van der Waals surface area contributed by atoms with Crippen LogP contribution in [-0.4, -0.2) is 132 Å². The number of pyridine rings is 1. The fourth-order valence-electron chi connectivity index (χ4n) is 6.87. The Kier molecular flexibility index (Phi) is 11.9. The van der Waals surface area contributed by atoms with Gasteiger partial charge < -0.3 is 40.1 Å². The maximum atomic E-state index is 11.8. The average molecular weight is 653 g/mol. The molecule has 0 aliphatic carbocycles. The molecule has 0 spiro atoms. The van der Waals surface area contributed by atoms with E-state index in [9.17, 15) is 10.2 Å². The van der Waals surface area contributed by atoms with Gasteiger partial charge in [0.25, 0.3) is 0 Å². The molecule has 0 saturated carbocycles. The normalized spacial score (nSPS) is 23.4. The number of likely N-dealkylation sites (N-methyl/N-ethyl adjacent to an activating group) is 1. The van der Waals surface area contributed by atoms with Gasteiger partial charge in [-0.25, -0.2) is 9.99 Å². The second-order valence-corrected chi connectivity index (χ2v) is 13.6. The molecule has 4 aliphatic rings. The number of unbranched alkanes of at least 4 members (excludes halogenated alkanes) is 1. The molecule has 4 N–H and O–H groups in total. The maximum Gasteiger partial charge on any atom is 0.188 e. The van der Waals surface area contributed by atoms with Crippen molar-refractivity contribution in [2.75, 3.05) is 90.1 Å². The maximum absolute atomic E-state index is 11.8. The number of nitrogens with zero attached hydrogens (tertiary/aromatic N) is 6. The number of allylic oxidation sites excluding steroid dienone is 1. The van der Waals surface area contributed by atoms with Gasteiger partial charge in [0.2, 0.25) is 0 Å². The summed E-state index contributed by atoms with van der Waals surface area (Å²) in [5.41, 5.74) is -0.540. The van der Waals surface area contributed by atoms with Crippen LogP contribution in [0.1, 0.15) is 45.1 Å². The fraction of sp³-hybridized carbons (Fsp3) is 0.629. The molecular formula is C35H56N8O4. The van der Waals surface area contributed by atoms with E-state index in [1.165, 1.54) is 0 Å². The van der Waals surface area contributed by atoms with Gasteiger partial charge in [-0.3, -0.25) is 9.91 Å². The number of nitrogens with one attached hydrogen (secondary N) is 2. The Hall–Kier alpha value is -3.13. The molecule has 1 atom stereocenters. The van der Waals surface area contributed by atoms with E-state index < -0.39 is 11.3 Å². The summed E-state index contributed by atoms with van der Waals surface area (Å²) >= 11 is 0. The van der Waals surface area contributed by atoms with Crippen molar-refractivity contribution in [1.29, 1.82) is 0 Å². The lowest BCUT2D eigenvalue weighted by Gasteiger charge is -2.47. The van der Waals surface area contributed by atoms with Gasteiger partial charge in [-0.15, -0.1) is 6.58 Å². The SMILES string of the molecule is C=CCN1CC=CN1C1=CC(OCOC)=CC(Nc2cnc(N3CCC(N4CCN(C)CC4)CC3)c(CCCCO)c2)(C(C)(C)O)N1. The number of piperazine rings is 1. The molecule has 1 aromatic rings. The number of hydrogen-bond acceptors (Lipinski definition) is 12. The molecule has 0 aromatic carbocycles. The van der Waals surface area contributed by atoms with Gasteiger partial charge in [0.15, 0.2) is 12.5 Å². The first-order valence-electron chi connectivity index (χ1n) is 17.1. The van der Waals surface area contributed by atoms with Crippen molar-refractivity contribution >= 4 is 11.5 Å². The molecule has 47 heavy (non-hydrogen) atoms. The predicted octanol–water partition coefficient (Wildman–Crippen LogP) is 2.67. The molecule has 0 bridgehead atoms. The number of ether oxygens (including phenoxy) is 2. The number of methoxy groups -OCH3 is 1. The molecule has 12 heteroatoms. The van der Waals surface area contributed by atoms with E-state index in [0.29, 0.717) is 18.3 Å². The summed E-state index contributed by atoms with van der Waals surface area (Å²) in [6.45, 7) is 15.6. The number of aliphatic hydroxyl groups is 2. The van der Waals surface area contributed by atoms with Gasteiger partial charge in [-0.05, 0) is 64.6 Å². The van der Waals surface area contributed by atoms with Gasteiger partial charge in [0.1, 0.15) is 23.0 Å². The Bertz CT molecular complexity index is 1280. The van der Waals surface area contributed by atoms with Crippen molar-refractivity contribution in [1.82, 2.24) is 30.1 Å². The molecule has 1 aromatic heterocycles. The van der Waals surface area contributed by atoms with Crippen LogP contribution in [0.4, 0.5) is 11.5 Å². The topological polar surface area (TPSA) is 112 Å². The van der Waals surface area contributed by atoms with E-state index in [0.717, 1.165) is 101 Å². The van der Waals surface area contributed by atoms with Crippen molar-refractivity contribution in [3.05, 3.63) is 66.5 Å². The summed E-state index contributed by atoms with van der Waals surface area (Å²) in [7, 11) is 3.79. The van der Waals surface area contributed by atoms with Crippen LogP contribution < -0.4 is 15.5 Å². The molecule has 1 unspecified atom stereocenters. The Morgan fingerprint density at radius 3 is 2.62 bits per heavy atom. The summed E-state index contributed by atoms with van der Waals surface area (Å²) in [6.07, 6.45) is 16.3. The number of hydrogen-bond donors (Lipinski definition) is 4. The van der Waals surface area contributed by atoms with Crippen LogP contribution in [0.2, 0.25) is 0 Å². The molecule has 5 heterocycles. The van der Waals surface area contributed by atoms with Crippen molar-refractivity contribution in [2.24, 2.45) is 0 Å². The number of piperidine rings is 1. The molecule has 0 radical (unpaired) electrons. The van der Waals surface area contributed by atoms with Crippen molar-refractivity contribution in [2.45, 2.75) is 63.3 Å². The van der Waals surface area contributed by atoms with Crippen LogP contribution in [0, 0.1) is 0 Å². The molecule has 4 aliphatic heterocycles. The van der Waals surface area contributed by atoms with Crippen LogP contribution in [0.15, 0.2) is 60.9 Å². The molecule has 12 nitrogen and oxygen atoms in total. The minimum atomic E-state index is -1.29. The molecule has 0 amide bonds. The van der Waals surface area contributed by atoms with E-state index >= 15 is 0 Å². The first-order valence-corrected chi connectivity index (χ1v) is 17.1. The van der Waals surface area contributed by atoms with Crippen molar-refractivity contribution in [3.63, 3.8) is 0 Å². The summed E-state index contributed by atoms with van der Waals surface area (Å²) in [4.78, 5) is 12.6. The monoisotopic (exact) mass is 652 g/mol. The quantitative estimate of drug-likeness (QED) is 0.127. The molecular weight excluding hydrogens is 596 g/mol. The van der Waals surface area contributed by atoms with Crippen molar-refractivity contribution < 1.29 is 19.7 Å². The minimum absolute atomic E-state index is 0.0700. The number of hydrazine groups is 1. The lowest BCUT2D eigenvalue weighted by molar-refractivity contribution is -0.0111. The third kappa shape index (κ3) is 8.48. The predicted molar refractivity (Wildman–Crippen MR) is 186 cm³/mol. The summed E-state index contributed by atoms with van der Waals surface area (Å²) in [5.74, 6) is 2.31. The summed E-state index contributed by atoms with van der Waals surface area (Å²) in [6, 6.07) is 2.78. The van der Waals surface area contributed by atoms with Gasteiger partial charge in [-0.1, -0.05) is 12.2 Å². The first-order chi connectivity index (χ1) is 22.7. The van der Waals surface area contributed by atoms with Gasteiger partial charge >= 0.3 is 0 Å². The number of aromatic nitrogens is 1. The highest BCUT2D eigenvalue weighted by molar-refractivity contribution is 5.58.